The van der Waals surface area contributed by atoms with E-state index in [0.717, 1.165) is 18.7 Å². The van der Waals surface area contributed by atoms with Crippen molar-refractivity contribution < 1.29 is 4.79 Å². The molecule has 0 spiro atoms. The van der Waals surface area contributed by atoms with Gasteiger partial charge in [-0.25, -0.2) is 0 Å². The van der Waals surface area contributed by atoms with Gasteiger partial charge in [0.05, 0.1) is 5.92 Å². The summed E-state index contributed by atoms with van der Waals surface area (Å²) in [4.78, 5) is 12.2. The van der Waals surface area contributed by atoms with Crippen LogP contribution in [0.5, 0.6) is 0 Å². The quantitative estimate of drug-likeness (QED) is 0.861. The van der Waals surface area contributed by atoms with Gasteiger partial charge in [-0.3, -0.25) is 4.79 Å². The third-order valence-electron chi connectivity index (χ3n) is 3.34. The summed E-state index contributed by atoms with van der Waals surface area (Å²) in [6, 6.07) is 8.13. The van der Waals surface area contributed by atoms with E-state index in [-0.39, 0.29) is 11.3 Å². The molecule has 1 heterocycles. The number of hydrogen-bond acceptors (Lipinski definition) is 2. The van der Waals surface area contributed by atoms with Crippen LogP contribution in [0.3, 0.4) is 0 Å². The number of rotatable bonds is 3. The Balaban J connectivity index is 2.03. The summed E-state index contributed by atoms with van der Waals surface area (Å²) in [6.07, 6.45) is 1.65. The normalized spacial score (nSPS) is 18.6. The number of carbonyl (C=O) groups is 1. The van der Waals surface area contributed by atoms with E-state index in [1.54, 1.807) is 0 Å². The van der Waals surface area contributed by atoms with Crippen molar-refractivity contribution in [1.29, 1.82) is 0 Å². The summed E-state index contributed by atoms with van der Waals surface area (Å²) in [7, 11) is 0. The van der Waals surface area contributed by atoms with Crippen molar-refractivity contribution >= 4 is 11.5 Å². The molecule has 17 heavy (non-hydrogen) atoms. The number of nitrogens with one attached hydrogen (secondary N) is 1. The van der Waals surface area contributed by atoms with E-state index in [2.05, 4.69) is 32.2 Å². The zero-order valence-electron chi connectivity index (χ0n) is 10.9. The summed E-state index contributed by atoms with van der Waals surface area (Å²) in [5, 5.41) is 3.31. The summed E-state index contributed by atoms with van der Waals surface area (Å²) in [6.45, 7) is 7.31. The lowest BCUT2D eigenvalue weighted by atomic mass is 9.86. The van der Waals surface area contributed by atoms with Gasteiger partial charge in [0.25, 0.3) is 0 Å². The summed E-state index contributed by atoms with van der Waals surface area (Å²) in [5.74, 6) is 0.436. The van der Waals surface area contributed by atoms with Gasteiger partial charge in [0, 0.05) is 18.7 Å². The molecule has 0 aromatic heterocycles. The fourth-order valence-electron chi connectivity index (χ4n) is 2.24. The van der Waals surface area contributed by atoms with Crippen molar-refractivity contribution in [2.45, 2.75) is 39.5 Å². The van der Waals surface area contributed by atoms with Crippen molar-refractivity contribution in [3.05, 3.63) is 29.8 Å². The molecule has 1 aromatic rings. The Kier molecular flexibility index (Phi) is 3.23. The second-order valence-electron chi connectivity index (χ2n) is 6.05. The standard InChI is InChI=1S/C15H21NO/c1-15(2,3)9-8-14(17)12-10-16-13-7-5-4-6-11(12)13/h4-7,12,16H,8-10H2,1-3H3. The summed E-state index contributed by atoms with van der Waals surface area (Å²) >= 11 is 0. The predicted molar refractivity (Wildman–Crippen MR) is 71.4 cm³/mol. The van der Waals surface area contributed by atoms with Crippen molar-refractivity contribution in [2.75, 3.05) is 11.9 Å². The molecule has 2 heteroatoms. The van der Waals surface area contributed by atoms with Gasteiger partial charge < -0.3 is 5.32 Å². The highest BCUT2D eigenvalue weighted by molar-refractivity contribution is 5.89. The number of carbonyl (C=O) groups excluding carboxylic acids is 1. The number of ketones is 1. The van der Waals surface area contributed by atoms with E-state index in [9.17, 15) is 4.79 Å². The first-order chi connectivity index (χ1) is 7.97. The molecule has 1 unspecified atom stereocenters. The molecule has 2 nitrogen and oxygen atoms in total. The lowest BCUT2D eigenvalue weighted by Crippen LogP contribution is -2.17. The molecule has 1 aromatic carbocycles. The topological polar surface area (TPSA) is 29.1 Å². The van der Waals surface area contributed by atoms with Gasteiger partial charge >= 0.3 is 0 Å². The second kappa shape index (κ2) is 4.52. The number of Topliss-reactive ketones (excluding diaryl/α,β-unsaturated/α-hetero) is 1. The molecule has 0 saturated heterocycles. The summed E-state index contributed by atoms with van der Waals surface area (Å²) < 4.78 is 0. The molecule has 0 amide bonds. The van der Waals surface area contributed by atoms with Crippen LogP contribution in [0.4, 0.5) is 5.69 Å². The number of para-hydroxylation sites is 1. The van der Waals surface area contributed by atoms with Crippen LogP contribution < -0.4 is 5.32 Å². The van der Waals surface area contributed by atoms with E-state index >= 15 is 0 Å². The Hall–Kier alpha value is -1.31. The van der Waals surface area contributed by atoms with Gasteiger partial charge in [0.15, 0.2) is 0 Å². The Morgan fingerprint density at radius 3 is 2.76 bits per heavy atom. The highest BCUT2D eigenvalue weighted by Crippen LogP contribution is 2.33. The zero-order chi connectivity index (χ0) is 12.5. The number of hydrogen-bond donors (Lipinski definition) is 1. The van der Waals surface area contributed by atoms with E-state index in [4.69, 9.17) is 0 Å². The fourth-order valence-corrected chi connectivity index (χ4v) is 2.24. The Labute approximate surface area is 103 Å². The first kappa shape index (κ1) is 12.2. The minimum atomic E-state index is 0.0635. The van der Waals surface area contributed by atoms with E-state index in [1.165, 1.54) is 5.56 Å². The smallest absolute Gasteiger partial charge is 0.142 e. The fraction of sp³-hybridized carbons (Fsp3) is 0.533. The molecule has 1 aliphatic heterocycles. The molecular weight excluding hydrogens is 210 g/mol. The molecule has 2 rings (SSSR count). The predicted octanol–water partition coefficient (Wildman–Crippen LogP) is 3.59. The minimum Gasteiger partial charge on any atom is -0.384 e. The third-order valence-corrected chi connectivity index (χ3v) is 3.34. The SMILES string of the molecule is CC(C)(C)CCC(=O)C1CNc2ccccc21. The molecular formula is C15H21NO. The minimum absolute atomic E-state index is 0.0635. The average molecular weight is 231 g/mol. The first-order valence-electron chi connectivity index (χ1n) is 6.33. The molecule has 0 fully saturated rings. The third kappa shape index (κ3) is 2.87. The van der Waals surface area contributed by atoms with Gasteiger partial charge in [0.2, 0.25) is 0 Å². The first-order valence-corrected chi connectivity index (χ1v) is 6.33. The molecule has 0 aliphatic carbocycles. The molecule has 92 valence electrons. The van der Waals surface area contributed by atoms with Crippen molar-refractivity contribution in [2.24, 2.45) is 5.41 Å². The molecule has 0 saturated carbocycles. The molecule has 1 N–H and O–H groups in total. The highest BCUT2D eigenvalue weighted by atomic mass is 16.1. The maximum atomic E-state index is 12.2. The van der Waals surface area contributed by atoms with Crippen LogP contribution in [0.25, 0.3) is 0 Å². The maximum Gasteiger partial charge on any atom is 0.142 e. The number of benzene rings is 1. The molecule has 1 aliphatic rings. The van der Waals surface area contributed by atoms with Crippen LogP contribution in [0, 0.1) is 5.41 Å². The second-order valence-corrected chi connectivity index (χ2v) is 6.05. The van der Waals surface area contributed by atoms with Gasteiger partial charge in [-0.15, -0.1) is 0 Å². The molecule has 1 atom stereocenters. The van der Waals surface area contributed by atoms with Gasteiger partial charge in [-0.05, 0) is 23.5 Å². The average Bonchev–Trinajstić information content (AvgIpc) is 2.68. The molecule has 0 radical (unpaired) electrons. The van der Waals surface area contributed by atoms with Crippen LogP contribution >= 0.6 is 0 Å². The number of fused-ring (bicyclic) bond motifs is 1. The van der Waals surface area contributed by atoms with Crippen molar-refractivity contribution in [3.8, 4) is 0 Å². The lowest BCUT2D eigenvalue weighted by molar-refractivity contribution is -0.120. The van der Waals surface area contributed by atoms with Gasteiger partial charge in [0.1, 0.15) is 5.78 Å². The van der Waals surface area contributed by atoms with Gasteiger partial charge in [-0.2, -0.15) is 0 Å². The van der Waals surface area contributed by atoms with Gasteiger partial charge in [-0.1, -0.05) is 39.0 Å². The zero-order valence-corrected chi connectivity index (χ0v) is 10.9. The van der Waals surface area contributed by atoms with Crippen molar-refractivity contribution in [3.63, 3.8) is 0 Å². The lowest BCUT2D eigenvalue weighted by Gasteiger charge is -2.18. The Morgan fingerprint density at radius 1 is 1.35 bits per heavy atom. The highest BCUT2D eigenvalue weighted by Gasteiger charge is 2.28. The van der Waals surface area contributed by atoms with Crippen molar-refractivity contribution in [1.82, 2.24) is 0 Å². The van der Waals surface area contributed by atoms with Crippen LogP contribution in [-0.2, 0) is 4.79 Å². The van der Waals surface area contributed by atoms with Crippen LogP contribution in [0.2, 0.25) is 0 Å². The maximum absolute atomic E-state index is 12.2. The number of anilines is 1. The van der Waals surface area contributed by atoms with Crippen LogP contribution in [0.15, 0.2) is 24.3 Å². The Bertz CT molecular complexity index is 417. The molecule has 0 bridgehead atoms. The van der Waals surface area contributed by atoms with E-state index in [0.29, 0.717) is 12.2 Å². The van der Waals surface area contributed by atoms with Crippen LogP contribution in [0.1, 0.15) is 45.1 Å². The Morgan fingerprint density at radius 2 is 2.06 bits per heavy atom. The van der Waals surface area contributed by atoms with Crippen LogP contribution in [-0.4, -0.2) is 12.3 Å². The monoisotopic (exact) mass is 231 g/mol. The summed E-state index contributed by atoms with van der Waals surface area (Å²) in [5.41, 5.74) is 2.54. The van der Waals surface area contributed by atoms with E-state index in [1.807, 2.05) is 18.2 Å². The largest absolute Gasteiger partial charge is 0.384 e. The van der Waals surface area contributed by atoms with E-state index < -0.39 is 0 Å².